The van der Waals surface area contributed by atoms with Gasteiger partial charge in [0.1, 0.15) is 5.69 Å². The molecule has 0 radical (unpaired) electrons. The number of nitrogens with one attached hydrogen (secondary N) is 1. The lowest BCUT2D eigenvalue weighted by molar-refractivity contribution is -0.137. The van der Waals surface area contributed by atoms with Crippen molar-refractivity contribution in [1.29, 1.82) is 0 Å². The number of pyridine rings is 1. The Morgan fingerprint density at radius 1 is 1.10 bits per heavy atom. The molecule has 0 amide bonds. The minimum atomic E-state index is -4.46. The summed E-state index contributed by atoms with van der Waals surface area (Å²) in [5, 5.41) is 0.712. The Labute approximate surface area is 117 Å². The van der Waals surface area contributed by atoms with Gasteiger partial charge in [-0.25, -0.2) is 0 Å². The smallest absolute Gasteiger partial charge is 0.360 e. The molecule has 6 heteroatoms. The van der Waals surface area contributed by atoms with E-state index >= 15 is 0 Å². The van der Waals surface area contributed by atoms with E-state index in [9.17, 15) is 18.0 Å². The normalized spacial score (nSPS) is 11.8. The fourth-order valence-corrected chi connectivity index (χ4v) is 2.09. The lowest BCUT2D eigenvalue weighted by atomic mass is 10.1. The Hall–Kier alpha value is -2.63. The molecule has 106 valence electrons. The third-order valence-corrected chi connectivity index (χ3v) is 3.16. The summed E-state index contributed by atoms with van der Waals surface area (Å²) in [4.78, 5) is 18.9. The van der Waals surface area contributed by atoms with Crippen LogP contribution in [0.2, 0.25) is 0 Å². The van der Waals surface area contributed by atoms with Gasteiger partial charge in [0.2, 0.25) is 5.78 Å². The first-order valence-electron chi connectivity index (χ1n) is 6.11. The molecule has 3 aromatic rings. The van der Waals surface area contributed by atoms with Crippen molar-refractivity contribution in [2.45, 2.75) is 6.18 Å². The largest absolute Gasteiger partial charge is 0.417 e. The Morgan fingerprint density at radius 2 is 1.86 bits per heavy atom. The summed E-state index contributed by atoms with van der Waals surface area (Å²) < 4.78 is 37.4. The minimum absolute atomic E-state index is 0.0206. The molecule has 3 nitrogen and oxygen atoms in total. The summed E-state index contributed by atoms with van der Waals surface area (Å²) in [5.41, 5.74) is 0.274. The predicted octanol–water partition coefficient (Wildman–Crippen LogP) is 3.81. The number of hydrogen-bond donors (Lipinski definition) is 1. The fourth-order valence-electron chi connectivity index (χ4n) is 2.09. The van der Waals surface area contributed by atoms with Crippen LogP contribution in [-0.2, 0) is 6.18 Å². The van der Waals surface area contributed by atoms with Crippen molar-refractivity contribution in [2.24, 2.45) is 0 Å². The number of fused-ring (bicyclic) bond motifs is 1. The Bertz CT molecular complexity index is 804. The van der Waals surface area contributed by atoms with E-state index in [1.54, 1.807) is 12.1 Å². The summed E-state index contributed by atoms with van der Waals surface area (Å²) in [6.07, 6.45) is -2.26. The first kappa shape index (κ1) is 13.4. The Balaban J connectivity index is 1.99. The van der Waals surface area contributed by atoms with Crippen LogP contribution in [0.4, 0.5) is 13.2 Å². The van der Waals surface area contributed by atoms with Crippen LogP contribution >= 0.6 is 0 Å². The van der Waals surface area contributed by atoms with Gasteiger partial charge in [0, 0.05) is 28.9 Å². The van der Waals surface area contributed by atoms with Crippen LogP contribution in [0, 0.1) is 0 Å². The van der Waals surface area contributed by atoms with Gasteiger partial charge >= 0.3 is 6.18 Å². The van der Waals surface area contributed by atoms with Gasteiger partial charge < -0.3 is 4.98 Å². The van der Waals surface area contributed by atoms with E-state index in [4.69, 9.17) is 0 Å². The van der Waals surface area contributed by atoms with Gasteiger partial charge in [0.25, 0.3) is 0 Å². The molecule has 0 aliphatic rings. The molecule has 0 spiro atoms. The van der Waals surface area contributed by atoms with Crippen LogP contribution in [0.1, 0.15) is 21.6 Å². The lowest BCUT2D eigenvalue weighted by Gasteiger charge is -2.06. The second-order valence-electron chi connectivity index (χ2n) is 4.51. The molecule has 3 rings (SSSR count). The molecule has 0 aliphatic heterocycles. The highest BCUT2D eigenvalue weighted by Crippen LogP contribution is 2.29. The number of benzene rings is 1. The molecule has 0 unspecified atom stereocenters. The maximum atomic E-state index is 12.5. The topological polar surface area (TPSA) is 45.8 Å². The highest BCUT2D eigenvalue weighted by Gasteiger charge is 2.31. The molecule has 0 saturated heterocycles. The second kappa shape index (κ2) is 4.73. The number of rotatable bonds is 2. The van der Waals surface area contributed by atoms with Crippen LogP contribution in [0.3, 0.4) is 0 Å². The number of carbonyl (C=O) groups is 1. The molecule has 1 N–H and O–H groups in total. The van der Waals surface area contributed by atoms with Gasteiger partial charge in [-0.1, -0.05) is 18.2 Å². The molecule has 2 aromatic heterocycles. The molecule has 1 aromatic carbocycles. The number of alkyl halides is 3. The van der Waals surface area contributed by atoms with Crippen molar-refractivity contribution in [3.05, 3.63) is 65.6 Å². The van der Waals surface area contributed by atoms with Gasteiger partial charge in [-0.3, -0.25) is 9.78 Å². The summed E-state index contributed by atoms with van der Waals surface area (Å²) in [7, 11) is 0. The SMILES string of the molecule is O=C(c1ccc(C(F)(F)F)cn1)c1c[nH]c2ccccc12. The van der Waals surface area contributed by atoms with E-state index in [0.717, 1.165) is 17.6 Å². The number of hydrogen-bond acceptors (Lipinski definition) is 2. The van der Waals surface area contributed by atoms with Gasteiger partial charge in [0.15, 0.2) is 0 Å². The van der Waals surface area contributed by atoms with Crippen LogP contribution in [0.25, 0.3) is 10.9 Å². The number of aromatic nitrogens is 2. The summed E-state index contributed by atoms with van der Waals surface area (Å²) in [5.74, 6) is -0.416. The fraction of sp³-hybridized carbons (Fsp3) is 0.0667. The van der Waals surface area contributed by atoms with Crippen LogP contribution < -0.4 is 0 Å². The monoisotopic (exact) mass is 290 g/mol. The van der Waals surface area contributed by atoms with Gasteiger partial charge in [-0.2, -0.15) is 13.2 Å². The van der Waals surface area contributed by atoms with Crippen molar-refractivity contribution in [2.75, 3.05) is 0 Å². The first-order chi connectivity index (χ1) is 9.97. The Morgan fingerprint density at radius 3 is 2.52 bits per heavy atom. The number of para-hydroxylation sites is 1. The molecular formula is C15H9F3N2O. The van der Waals surface area contributed by atoms with Crippen LogP contribution in [0.5, 0.6) is 0 Å². The summed E-state index contributed by atoms with van der Waals surface area (Å²) in [6, 6.07) is 9.13. The van der Waals surface area contributed by atoms with Gasteiger partial charge in [-0.15, -0.1) is 0 Å². The van der Waals surface area contributed by atoms with Gasteiger partial charge in [0.05, 0.1) is 5.56 Å². The number of halogens is 3. The second-order valence-corrected chi connectivity index (χ2v) is 4.51. The quantitative estimate of drug-likeness (QED) is 0.729. The van der Waals surface area contributed by atoms with E-state index < -0.39 is 17.5 Å². The average molecular weight is 290 g/mol. The predicted molar refractivity (Wildman–Crippen MR) is 71.0 cm³/mol. The van der Waals surface area contributed by atoms with Crippen molar-refractivity contribution < 1.29 is 18.0 Å². The van der Waals surface area contributed by atoms with E-state index in [1.807, 2.05) is 12.1 Å². The maximum Gasteiger partial charge on any atom is 0.417 e. The standard InChI is InChI=1S/C15H9F3N2O/c16-15(17,18)9-5-6-13(19-7-9)14(21)11-8-20-12-4-2-1-3-10(11)12/h1-8,20H. The maximum absolute atomic E-state index is 12.5. The zero-order valence-electron chi connectivity index (χ0n) is 10.6. The molecule has 0 atom stereocenters. The van der Waals surface area contributed by atoms with Crippen molar-refractivity contribution in [3.8, 4) is 0 Å². The molecule has 0 saturated carbocycles. The number of carbonyl (C=O) groups excluding carboxylic acids is 1. The molecule has 0 fully saturated rings. The van der Waals surface area contributed by atoms with Crippen molar-refractivity contribution in [1.82, 2.24) is 9.97 Å². The van der Waals surface area contributed by atoms with E-state index in [0.29, 0.717) is 17.1 Å². The highest BCUT2D eigenvalue weighted by molar-refractivity contribution is 6.15. The third kappa shape index (κ3) is 2.40. The average Bonchev–Trinajstić information content (AvgIpc) is 2.90. The van der Waals surface area contributed by atoms with E-state index in [1.165, 1.54) is 6.20 Å². The summed E-state index contributed by atoms with van der Waals surface area (Å²) in [6.45, 7) is 0. The highest BCUT2D eigenvalue weighted by atomic mass is 19.4. The zero-order valence-corrected chi connectivity index (χ0v) is 10.6. The number of nitrogens with zero attached hydrogens (tertiary/aromatic N) is 1. The molecule has 0 bridgehead atoms. The zero-order chi connectivity index (χ0) is 15.0. The van der Waals surface area contributed by atoms with E-state index in [-0.39, 0.29) is 5.69 Å². The molecule has 0 aliphatic carbocycles. The molecule has 2 heterocycles. The first-order valence-corrected chi connectivity index (χ1v) is 6.11. The van der Waals surface area contributed by atoms with Crippen LogP contribution in [0.15, 0.2) is 48.8 Å². The summed E-state index contributed by atoms with van der Waals surface area (Å²) >= 11 is 0. The number of aromatic amines is 1. The minimum Gasteiger partial charge on any atom is -0.360 e. The van der Waals surface area contributed by atoms with Gasteiger partial charge in [-0.05, 0) is 18.2 Å². The lowest BCUT2D eigenvalue weighted by Crippen LogP contribution is -2.08. The van der Waals surface area contributed by atoms with Crippen molar-refractivity contribution >= 4 is 16.7 Å². The Kier molecular flexibility index (Phi) is 3.01. The molecule has 21 heavy (non-hydrogen) atoms. The van der Waals surface area contributed by atoms with E-state index in [2.05, 4.69) is 9.97 Å². The third-order valence-electron chi connectivity index (χ3n) is 3.16. The molecular weight excluding hydrogens is 281 g/mol. The van der Waals surface area contributed by atoms with Crippen molar-refractivity contribution in [3.63, 3.8) is 0 Å². The number of H-pyrrole nitrogens is 1. The number of ketones is 1. The van der Waals surface area contributed by atoms with Crippen LogP contribution in [-0.4, -0.2) is 15.8 Å².